The quantitative estimate of drug-likeness (QED) is 0.778. The number of tetrazole rings is 1. The summed E-state index contributed by atoms with van der Waals surface area (Å²) in [5, 5.41) is 10.9. The molecule has 0 spiro atoms. The molecule has 1 amide bonds. The zero-order chi connectivity index (χ0) is 17.1. The molecule has 0 aliphatic carbocycles. The Bertz CT molecular complexity index is 828. The van der Waals surface area contributed by atoms with E-state index in [9.17, 15) is 4.79 Å². The molecule has 1 saturated heterocycles. The van der Waals surface area contributed by atoms with Crippen molar-refractivity contribution in [3.05, 3.63) is 48.7 Å². The molecule has 1 aliphatic rings. The number of hydrogen-bond donors (Lipinski definition) is 1. The summed E-state index contributed by atoms with van der Waals surface area (Å²) in [6.07, 6.45) is 5.31. The summed E-state index contributed by atoms with van der Waals surface area (Å²) >= 11 is 0. The standard InChI is InChI=1S/C17H19N7O/c25-16(11-24-12-19-21-22-24)23-8-4-7-14(10-23)17-18-9-15(20-17)13-5-2-1-3-6-13/h1-3,5-6,9,12,14H,4,7-8,10-11H2,(H,18,20)/t14-/m1/s1. The van der Waals surface area contributed by atoms with Gasteiger partial charge in [-0.2, -0.15) is 0 Å². The average molecular weight is 337 g/mol. The predicted octanol–water partition coefficient (Wildman–Crippen LogP) is 1.47. The topological polar surface area (TPSA) is 92.6 Å². The van der Waals surface area contributed by atoms with Crippen molar-refractivity contribution in [3.8, 4) is 11.3 Å². The van der Waals surface area contributed by atoms with Gasteiger partial charge >= 0.3 is 0 Å². The summed E-state index contributed by atoms with van der Waals surface area (Å²) in [6.45, 7) is 1.61. The Balaban J connectivity index is 1.44. The Labute approximate surface area is 144 Å². The number of likely N-dealkylation sites (tertiary alicyclic amines) is 1. The second-order valence-corrected chi connectivity index (χ2v) is 6.23. The smallest absolute Gasteiger partial charge is 0.244 e. The number of benzene rings is 1. The third-order valence-corrected chi connectivity index (χ3v) is 4.53. The van der Waals surface area contributed by atoms with E-state index in [1.54, 1.807) is 0 Å². The van der Waals surface area contributed by atoms with Crippen LogP contribution in [0.1, 0.15) is 24.6 Å². The molecule has 128 valence electrons. The Morgan fingerprint density at radius 2 is 2.16 bits per heavy atom. The number of nitrogens with one attached hydrogen (secondary N) is 1. The number of aromatic amines is 1. The van der Waals surface area contributed by atoms with E-state index in [1.165, 1.54) is 11.0 Å². The van der Waals surface area contributed by atoms with Crippen LogP contribution in [0.4, 0.5) is 0 Å². The molecule has 3 heterocycles. The van der Waals surface area contributed by atoms with Gasteiger partial charge in [0.25, 0.3) is 0 Å². The van der Waals surface area contributed by atoms with Gasteiger partial charge in [0.2, 0.25) is 5.91 Å². The van der Waals surface area contributed by atoms with Gasteiger partial charge in [0.05, 0.1) is 11.9 Å². The molecule has 0 radical (unpaired) electrons. The van der Waals surface area contributed by atoms with Crippen LogP contribution < -0.4 is 0 Å². The highest BCUT2D eigenvalue weighted by atomic mass is 16.2. The first-order valence-electron chi connectivity index (χ1n) is 8.38. The maximum absolute atomic E-state index is 12.4. The Hall–Kier alpha value is -3.03. The van der Waals surface area contributed by atoms with Crippen molar-refractivity contribution in [2.24, 2.45) is 0 Å². The molecule has 1 aromatic carbocycles. The monoisotopic (exact) mass is 337 g/mol. The Kier molecular flexibility index (Phi) is 4.24. The molecule has 1 N–H and O–H groups in total. The highest BCUT2D eigenvalue weighted by Crippen LogP contribution is 2.27. The molecule has 1 atom stereocenters. The van der Waals surface area contributed by atoms with Gasteiger partial charge < -0.3 is 9.88 Å². The largest absolute Gasteiger partial charge is 0.342 e. The fraction of sp³-hybridized carbons (Fsp3) is 0.353. The van der Waals surface area contributed by atoms with E-state index < -0.39 is 0 Å². The fourth-order valence-corrected chi connectivity index (χ4v) is 3.23. The van der Waals surface area contributed by atoms with E-state index in [-0.39, 0.29) is 18.4 Å². The number of H-pyrrole nitrogens is 1. The van der Waals surface area contributed by atoms with Gasteiger partial charge in [0.1, 0.15) is 18.7 Å². The van der Waals surface area contributed by atoms with Crippen molar-refractivity contribution >= 4 is 5.91 Å². The number of nitrogens with zero attached hydrogens (tertiary/aromatic N) is 6. The highest BCUT2D eigenvalue weighted by molar-refractivity contribution is 5.76. The van der Waals surface area contributed by atoms with Crippen LogP contribution in [0.15, 0.2) is 42.9 Å². The molecule has 0 unspecified atom stereocenters. The van der Waals surface area contributed by atoms with E-state index in [0.29, 0.717) is 6.54 Å². The van der Waals surface area contributed by atoms with Crippen LogP contribution in [-0.4, -0.2) is 54.1 Å². The summed E-state index contributed by atoms with van der Waals surface area (Å²) in [5.41, 5.74) is 2.12. The van der Waals surface area contributed by atoms with E-state index >= 15 is 0 Å². The van der Waals surface area contributed by atoms with Crippen LogP contribution in [0.25, 0.3) is 11.3 Å². The highest BCUT2D eigenvalue weighted by Gasteiger charge is 2.26. The third-order valence-electron chi connectivity index (χ3n) is 4.53. The normalized spacial score (nSPS) is 17.6. The van der Waals surface area contributed by atoms with Gasteiger partial charge in [-0.3, -0.25) is 4.79 Å². The number of aromatic nitrogens is 6. The minimum absolute atomic E-state index is 0.0341. The second-order valence-electron chi connectivity index (χ2n) is 6.23. The summed E-state index contributed by atoms with van der Waals surface area (Å²) in [5.74, 6) is 1.20. The summed E-state index contributed by atoms with van der Waals surface area (Å²) in [6, 6.07) is 10.1. The minimum Gasteiger partial charge on any atom is -0.342 e. The van der Waals surface area contributed by atoms with Crippen LogP contribution in [-0.2, 0) is 11.3 Å². The van der Waals surface area contributed by atoms with Crippen molar-refractivity contribution in [3.63, 3.8) is 0 Å². The number of rotatable bonds is 4. The van der Waals surface area contributed by atoms with Gasteiger partial charge in [0, 0.05) is 19.0 Å². The van der Waals surface area contributed by atoms with E-state index in [4.69, 9.17) is 0 Å². The lowest BCUT2D eigenvalue weighted by atomic mass is 9.97. The first kappa shape index (κ1) is 15.5. The lowest BCUT2D eigenvalue weighted by Crippen LogP contribution is -2.41. The van der Waals surface area contributed by atoms with Gasteiger partial charge in [0.15, 0.2) is 0 Å². The number of hydrogen-bond acceptors (Lipinski definition) is 5. The minimum atomic E-state index is 0.0341. The zero-order valence-corrected chi connectivity index (χ0v) is 13.7. The predicted molar refractivity (Wildman–Crippen MR) is 90.4 cm³/mol. The Morgan fingerprint density at radius 3 is 2.96 bits per heavy atom. The van der Waals surface area contributed by atoms with E-state index in [1.807, 2.05) is 29.3 Å². The molecular formula is C17H19N7O. The third kappa shape index (κ3) is 3.42. The van der Waals surface area contributed by atoms with Gasteiger partial charge in [-0.1, -0.05) is 30.3 Å². The van der Waals surface area contributed by atoms with Crippen molar-refractivity contribution in [2.75, 3.05) is 13.1 Å². The fourth-order valence-electron chi connectivity index (χ4n) is 3.23. The molecule has 3 aromatic rings. The van der Waals surface area contributed by atoms with Crippen molar-refractivity contribution in [2.45, 2.75) is 25.3 Å². The number of imidazole rings is 1. The molecule has 8 nitrogen and oxygen atoms in total. The first-order chi connectivity index (χ1) is 12.3. The molecule has 4 rings (SSSR count). The molecule has 1 aliphatic heterocycles. The first-order valence-corrected chi connectivity index (χ1v) is 8.38. The maximum atomic E-state index is 12.4. The molecule has 0 bridgehead atoms. The summed E-state index contributed by atoms with van der Waals surface area (Å²) < 4.78 is 1.45. The number of carbonyl (C=O) groups excluding carboxylic acids is 1. The van der Waals surface area contributed by atoms with Crippen molar-refractivity contribution < 1.29 is 4.79 Å². The Morgan fingerprint density at radius 1 is 1.28 bits per heavy atom. The SMILES string of the molecule is O=C(Cn1cnnn1)N1CCC[C@@H](c2ncc(-c3ccccc3)[nH]2)C1. The van der Waals surface area contributed by atoms with Crippen molar-refractivity contribution in [1.29, 1.82) is 0 Å². The molecular weight excluding hydrogens is 318 g/mol. The number of piperidine rings is 1. The maximum Gasteiger partial charge on any atom is 0.244 e. The zero-order valence-electron chi connectivity index (χ0n) is 13.7. The second kappa shape index (κ2) is 6.84. The lowest BCUT2D eigenvalue weighted by molar-refractivity contribution is -0.133. The van der Waals surface area contributed by atoms with Crippen LogP contribution in [0.5, 0.6) is 0 Å². The van der Waals surface area contributed by atoms with Crippen molar-refractivity contribution in [1.82, 2.24) is 35.1 Å². The molecule has 0 saturated carbocycles. The van der Waals surface area contributed by atoms with Crippen LogP contribution in [0.3, 0.4) is 0 Å². The van der Waals surface area contributed by atoms with Gasteiger partial charge in [-0.05, 0) is 28.8 Å². The summed E-state index contributed by atoms with van der Waals surface area (Å²) in [4.78, 5) is 22.3. The van der Waals surface area contributed by atoms with Crippen LogP contribution in [0, 0.1) is 0 Å². The molecule has 8 heteroatoms. The molecule has 25 heavy (non-hydrogen) atoms. The van der Waals surface area contributed by atoms with Gasteiger partial charge in [-0.15, -0.1) is 5.10 Å². The van der Waals surface area contributed by atoms with Gasteiger partial charge in [-0.25, -0.2) is 9.67 Å². The molecule has 1 fully saturated rings. The van der Waals surface area contributed by atoms with Crippen LogP contribution in [0.2, 0.25) is 0 Å². The van der Waals surface area contributed by atoms with E-state index in [2.05, 4.69) is 37.6 Å². The van der Waals surface area contributed by atoms with E-state index in [0.717, 1.165) is 36.5 Å². The van der Waals surface area contributed by atoms with Crippen LogP contribution >= 0.6 is 0 Å². The average Bonchev–Trinajstić information content (AvgIpc) is 3.34. The number of carbonyl (C=O) groups is 1. The summed E-state index contributed by atoms with van der Waals surface area (Å²) in [7, 11) is 0. The lowest BCUT2D eigenvalue weighted by Gasteiger charge is -2.31. The number of amides is 1. The molecule has 2 aromatic heterocycles.